The fourth-order valence-corrected chi connectivity index (χ4v) is 0. The normalized spacial score (nSPS) is 3.14. The summed E-state index contributed by atoms with van der Waals surface area (Å²) in [4.78, 5) is 17.9. The van der Waals surface area contributed by atoms with Gasteiger partial charge in [0, 0.05) is 0 Å². The molecule has 0 rings (SSSR count). The number of carbonyl (C=O) groups is 2. The molecule has 12 heteroatoms. The molecule has 0 aliphatic heterocycles. The van der Waals surface area contributed by atoms with Gasteiger partial charge in [0.15, 0.2) is 0 Å². The Morgan fingerprint density at radius 1 is 0.643 bits per heavy atom. The van der Waals surface area contributed by atoms with Gasteiger partial charge in [0.2, 0.25) is 0 Å². The van der Waals surface area contributed by atoms with Crippen LogP contribution in [-0.2, 0) is 26.7 Å². The third kappa shape index (κ3) is 94.9. The Morgan fingerprint density at radius 2 is 0.714 bits per heavy atom. The minimum absolute atomic E-state index is 0. The standard InChI is InChI=1S/C2H2O4.Cu.Li.6H2O/c3-1(4)2(5)6;;;;;;;;/h(H,3,4)(H,5,6);;;6*1H2/q;2*+1;;;;;;/p-2. The summed E-state index contributed by atoms with van der Waals surface area (Å²) in [6, 6.07) is 0. The van der Waals surface area contributed by atoms with Crippen LogP contribution in [0.15, 0.2) is 0 Å². The van der Waals surface area contributed by atoms with Crippen molar-refractivity contribution in [2.24, 2.45) is 0 Å². The Labute approximate surface area is 101 Å². The Kier molecular flexibility index (Phi) is 370. The van der Waals surface area contributed by atoms with Gasteiger partial charge < -0.3 is 52.7 Å². The van der Waals surface area contributed by atoms with Gasteiger partial charge in [0.1, 0.15) is 0 Å². The van der Waals surface area contributed by atoms with Crippen molar-refractivity contribution < 1.29 is 88.6 Å². The van der Waals surface area contributed by atoms with E-state index in [1.807, 2.05) is 0 Å². The Balaban J connectivity index is -0.00000000446. The van der Waals surface area contributed by atoms with Gasteiger partial charge in [-0.25, -0.2) is 0 Å². The number of rotatable bonds is 0. The van der Waals surface area contributed by atoms with Crippen LogP contribution < -0.4 is 29.1 Å². The van der Waals surface area contributed by atoms with E-state index in [0.29, 0.717) is 0 Å². The SMILES string of the molecule is O.O.O.O.O.O.O=C([O-])C(=O)[O-].[Cu+].[Li+]. The van der Waals surface area contributed by atoms with Crippen LogP contribution in [0.2, 0.25) is 0 Å². The summed E-state index contributed by atoms with van der Waals surface area (Å²) in [5, 5.41) is 17.9. The first kappa shape index (κ1) is 97.8. The van der Waals surface area contributed by atoms with Gasteiger partial charge >= 0.3 is 35.9 Å². The summed E-state index contributed by atoms with van der Waals surface area (Å²) in [6.07, 6.45) is 0. The molecule has 0 bridgehead atoms. The van der Waals surface area contributed by atoms with Gasteiger partial charge in [-0.1, -0.05) is 0 Å². The zero-order chi connectivity index (χ0) is 5.15. The summed E-state index contributed by atoms with van der Waals surface area (Å²) in [7, 11) is 0. The van der Waals surface area contributed by atoms with Gasteiger partial charge in [0.25, 0.3) is 0 Å². The molecule has 0 atom stereocenters. The van der Waals surface area contributed by atoms with Crippen molar-refractivity contribution in [3.05, 3.63) is 0 Å². The average molecular weight is 267 g/mol. The van der Waals surface area contributed by atoms with Crippen molar-refractivity contribution in [2.45, 2.75) is 0 Å². The van der Waals surface area contributed by atoms with Crippen LogP contribution in [0.25, 0.3) is 0 Å². The molecule has 12 N–H and O–H groups in total. The van der Waals surface area contributed by atoms with Gasteiger partial charge in [-0.15, -0.1) is 0 Å². The molecule has 0 heterocycles. The van der Waals surface area contributed by atoms with E-state index in [-0.39, 0.29) is 68.8 Å². The fourth-order valence-electron chi connectivity index (χ4n) is 0. The summed E-state index contributed by atoms with van der Waals surface area (Å²) in [6.45, 7) is 0. The second kappa shape index (κ2) is 52.9. The van der Waals surface area contributed by atoms with Crippen LogP contribution in [0.4, 0.5) is 0 Å². The monoisotopic (exact) mass is 266 g/mol. The molecule has 0 unspecified atom stereocenters. The van der Waals surface area contributed by atoms with Gasteiger partial charge in [-0.3, -0.25) is 0 Å². The van der Waals surface area contributed by atoms with E-state index in [2.05, 4.69) is 0 Å². The fraction of sp³-hybridized carbons (Fsp3) is 0. The van der Waals surface area contributed by atoms with E-state index in [1.165, 1.54) is 0 Å². The Bertz CT molecular complexity index is 84.1. The molecule has 0 fully saturated rings. The molecule has 0 saturated carbocycles. The van der Waals surface area contributed by atoms with Crippen molar-refractivity contribution in [3.63, 3.8) is 0 Å². The number of hydrogen-bond acceptors (Lipinski definition) is 4. The molecule has 0 aliphatic rings. The van der Waals surface area contributed by atoms with Crippen molar-refractivity contribution in [1.82, 2.24) is 0 Å². The maximum absolute atomic E-state index is 8.93. The molecule has 92 valence electrons. The second-order valence-corrected chi connectivity index (χ2v) is 0.575. The predicted molar refractivity (Wildman–Crippen MR) is 31.7 cm³/mol. The van der Waals surface area contributed by atoms with E-state index in [0.717, 1.165) is 0 Å². The molecule has 0 aromatic rings. The first-order chi connectivity index (χ1) is 2.64. The second-order valence-electron chi connectivity index (χ2n) is 0.575. The van der Waals surface area contributed by atoms with Gasteiger partial charge in [-0.2, -0.15) is 0 Å². The van der Waals surface area contributed by atoms with E-state index in [9.17, 15) is 0 Å². The van der Waals surface area contributed by atoms with Crippen molar-refractivity contribution in [1.29, 1.82) is 0 Å². The first-order valence-electron chi connectivity index (χ1n) is 1.07. The number of carboxylic acids is 2. The molecule has 0 aromatic heterocycles. The number of carboxylic acid groups (broad SMARTS) is 2. The van der Waals surface area contributed by atoms with E-state index < -0.39 is 11.9 Å². The average Bonchev–Trinajstić information content (AvgIpc) is 1.36. The minimum atomic E-state index is -2.19. The molecule has 14 heavy (non-hydrogen) atoms. The van der Waals surface area contributed by atoms with E-state index >= 15 is 0 Å². The zero-order valence-corrected chi connectivity index (χ0v) is 7.88. The predicted octanol–water partition coefficient (Wildman–Crippen LogP) is -11.5. The maximum Gasteiger partial charge on any atom is 1.00 e. The molecule has 10 nitrogen and oxygen atoms in total. The van der Waals surface area contributed by atoms with Crippen molar-refractivity contribution in [2.75, 3.05) is 0 Å². The molecular weight excluding hydrogens is 254 g/mol. The van der Waals surface area contributed by atoms with Crippen LogP contribution in [0.1, 0.15) is 0 Å². The van der Waals surface area contributed by atoms with Crippen LogP contribution in [0, 0.1) is 0 Å². The molecular formula is C2H12CuLiO10. The van der Waals surface area contributed by atoms with Crippen molar-refractivity contribution in [3.8, 4) is 0 Å². The van der Waals surface area contributed by atoms with E-state index in [4.69, 9.17) is 19.8 Å². The number of carbonyl (C=O) groups excluding carboxylic acids is 2. The minimum Gasteiger partial charge on any atom is -0.543 e. The quantitative estimate of drug-likeness (QED) is 0.304. The van der Waals surface area contributed by atoms with Crippen LogP contribution in [-0.4, -0.2) is 44.8 Å². The van der Waals surface area contributed by atoms with Crippen LogP contribution in [0.3, 0.4) is 0 Å². The summed E-state index contributed by atoms with van der Waals surface area (Å²) >= 11 is 0. The summed E-state index contributed by atoms with van der Waals surface area (Å²) < 4.78 is 0. The smallest absolute Gasteiger partial charge is 0.543 e. The third-order valence-corrected chi connectivity index (χ3v) is 0.167. The van der Waals surface area contributed by atoms with Gasteiger partial charge in [-0.05, 0) is 0 Å². The zero-order valence-electron chi connectivity index (χ0n) is 6.93. The number of aliphatic carboxylic acids is 2. The molecule has 0 spiro atoms. The Hall–Kier alpha value is -0.183. The third-order valence-electron chi connectivity index (χ3n) is 0.167. The maximum atomic E-state index is 8.93. The molecule has 0 radical (unpaired) electrons. The summed E-state index contributed by atoms with van der Waals surface area (Å²) in [5.74, 6) is -4.37. The first-order valence-corrected chi connectivity index (χ1v) is 1.07. The van der Waals surface area contributed by atoms with Crippen LogP contribution in [0.5, 0.6) is 0 Å². The largest absolute Gasteiger partial charge is 1.00 e. The van der Waals surface area contributed by atoms with Crippen LogP contribution >= 0.6 is 0 Å². The summed E-state index contributed by atoms with van der Waals surface area (Å²) in [5.41, 5.74) is 0. The molecule has 0 amide bonds. The van der Waals surface area contributed by atoms with Crippen molar-refractivity contribution >= 4 is 11.9 Å². The number of hydrogen-bond donors (Lipinski definition) is 0. The van der Waals surface area contributed by atoms with E-state index in [1.54, 1.807) is 0 Å². The molecule has 0 aliphatic carbocycles. The topological polar surface area (TPSA) is 269 Å². The Morgan fingerprint density at radius 3 is 0.714 bits per heavy atom. The van der Waals surface area contributed by atoms with Gasteiger partial charge in [0.05, 0.1) is 11.9 Å². The molecule has 0 saturated heterocycles. The molecule has 0 aromatic carbocycles.